The van der Waals surface area contributed by atoms with Gasteiger partial charge >= 0.3 is 0 Å². The lowest BCUT2D eigenvalue weighted by molar-refractivity contribution is -0.132. The van der Waals surface area contributed by atoms with Gasteiger partial charge in [-0.15, -0.1) is 11.6 Å². The first kappa shape index (κ1) is 18.5. The summed E-state index contributed by atoms with van der Waals surface area (Å²) in [6, 6.07) is 0. The molecule has 1 unspecified atom stereocenters. The van der Waals surface area contributed by atoms with E-state index < -0.39 is 0 Å². The van der Waals surface area contributed by atoms with Crippen LogP contribution in [0.3, 0.4) is 0 Å². The minimum atomic E-state index is -0.0535. The van der Waals surface area contributed by atoms with Crippen molar-refractivity contribution >= 4 is 17.5 Å². The molecular formula is C17H30ClNO2. The number of alkyl halides is 1. The molecule has 0 saturated heterocycles. The topological polar surface area (TPSA) is 29.5 Å². The lowest BCUT2D eigenvalue weighted by atomic mass is 9.71. The lowest BCUT2D eigenvalue weighted by Gasteiger charge is -2.42. The molecule has 0 spiro atoms. The minimum absolute atomic E-state index is 0.00440. The van der Waals surface area contributed by atoms with E-state index in [1.165, 1.54) is 17.7 Å². The Balaban J connectivity index is 3.23. The van der Waals surface area contributed by atoms with Crippen molar-refractivity contribution < 1.29 is 9.53 Å². The molecule has 3 nitrogen and oxygen atoms in total. The molecule has 0 heterocycles. The third kappa shape index (κ3) is 4.72. The second-order valence-corrected chi connectivity index (χ2v) is 7.00. The standard InChI is InChI=1S/C17H30ClNO2/c1-6-13-9-8-10-14(17(3,4)5)16(13)19(12-21-7-2)15(20)11-18/h14H,6-12H2,1-5H3. The van der Waals surface area contributed by atoms with Crippen LogP contribution in [0.15, 0.2) is 11.3 Å². The molecule has 122 valence electrons. The molecule has 1 amide bonds. The van der Waals surface area contributed by atoms with Crippen LogP contribution in [-0.4, -0.2) is 30.0 Å². The molecule has 0 aromatic carbocycles. The molecule has 1 rings (SSSR count). The summed E-state index contributed by atoms with van der Waals surface area (Å²) in [6.07, 6.45) is 4.39. The van der Waals surface area contributed by atoms with Crippen LogP contribution in [0.25, 0.3) is 0 Å². The fraction of sp³-hybridized carbons (Fsp3) is 0.824. The summed E-state index contributed by atoms with van der Waals surface area (Å²) >= 11 is 5.83. The second kappa shape index (κ2) is 8.19. The zero-order valence-electron chi connectivity index (χ0n) is 14.2. The van der Waals surface area contributed by atoms with Gasteiger partial charge in [0.15, 0.2) is 0 Å². The Hall–Kier alpha value is -0.540. The third-order valence-corrected chi connectivity index (χ3v) is 4.50. The molecular weight excluding hydrogens is 286 g/mol. The van der Waals surface area contributed by atoms with E-state index in [0.717, 1.165) is 19.3 Å². The maximum atomic E-state index is 12.3. The van der Waals surface area contributed by atoms with Crippen molar-refractivity contribution in [3.05, 3.63) is 11.3 Å². The number of allylic oxidation sites excluding steroid dienone is 2. The number of carbonyl (C=O) groups is 1. The van der Waals surface area contributed by atoms with E-state index >= 15 is 0 Å². The molecule has 0 N–H and O–H groups in total. The van der Waals surface area contributed by atoms with Crippen LogP contribution >= 0.6 is 11.6 Å². The Morgan fingerprint density at radius 1 is 1.38 bits per heavy atom. The summed E-state index contributed by atoms with van der Waals surface area (Å²) < 4.78 is 5.54. The number of nitrogens with zero attached hydrogens (tertiary/aromatic N) is 1. The first-order valence-electron chi connectivity index (χ1n) is 8.02. The SMILES string of the molecule is CCOCN(C(=O)CCl)C1=C(CC)CCCC1C(C)(C)C. The van der Waals surface area contributed by atoms with E-state index in [1.807, 2.05) is 6.92 Å². The van der Waals surface area contributed by atoms with E-state index in [9.17, 15) is 4.79 Å². The quantitative estimate of drug-likeness (QED) is 0.531. The molecule has 1 aliphatic rings. The van der Waals surface area contributed by atoms with Crippen molar-refractivity contribution in [1.29, 1.82) is 0 Å². The smallest absolute Gasteiger partial charge is 0.243 e. The molecule has 0 fully saturated rings. The molecule has 1 aliphatic carbocycles. The molecule has 0 aromatic rings. The summed E-state index contributed by atoms with van der Waals surface area (Å²) in [4.78, 5) is 14.1. The molecule has 4 heteroatoms. The Morgan fingerprint density at radius 3 is 2.52 bits per heavy atom. The number of halogens is 1. The highest BCUT2D eigenvalue weighted by Gasteiger charge is 2.36. The highest BCUT2D eigenvalue weighted by atomic mass is 35.5. The van der Waals surface area contributed by atoms with E-state index in [1.54, 1.807) is 4.90 Å². The lowest BCUT2D eigenvalue weighted by Crippen LogP contribution is -2.41. The molecule has 0 radical (unpaired) electrons. The summed E-state index contributed by atoms with van der Waals surface area (Å²) in [5.74, 6) is 0.334. The van der Waals surface area contributed by atoms with Gasteiger partial charge in [0.05, 0.1) is 0 Å². The minimum Gasteiger partial charge on any atom is -0.361 e. The van der Waals surface area contributed by atoms with Crippen molar-refractivity contribution in [1.82, 2.24) is 4.90 Å². The fourth-order valence-electron chi connectivity index (χ4n) is 3.14. The van der Waals surface area contributed by atoms with Crippen LogP contribution in [-0.2, 0) is 9.53 Å². The van der Waals surface area contributed by atoms with Crippen LogP contribution in [0.5, 0.6) is 0 Å². The van der Waals surface area contributed by atoms with Crippen LogP contribution in [0.4, 0.5) is 0 Å². The highest BCUT2D eigenvalue weighted by molar-refractivity contribution is 6.27. The monoisotopic (exact) mass is 315 g/mol. The van der Waals surface area contributed by atoms with E-state index in [4.69, 9.17) is 16.3 Å². The molecule has 0 aliphatic heterocycles. The third-order valence-electron chi connectivity index (χ3n) is 4.27. The first-order valence-corrected chi connectivity index (χ1v) is 8.56. The van der Waals surface area contributed by atoms with E-state index in [0.29, 0.717) is 19.3 Å². The first-order chi connectivity index (χ1) is 9.86. The summed E-state index contributed by atoms with van der Waals surface area (Å²) in [7, 11) is 0. The molecule has 0 bridgehead atoms. The van der Waals surface area contributed by atoms with Gasteiger partial charge in [0.2, 0.25) is 5.91 Å². The van der Waals surface area contributed by atoms with E-state index in [2.05, 4.69) is 27.7 Å². The summed E-state index contributed by atoms with van der Waals surface area (Å²) in [5, 5.41) is 0. The largest absolute Gasteiger partial charge is 0.361 e. The maximum absolute atomic E-state index is 12.3. The molecule has 0 saturated carbocycles. The number of carbonyl (C=O) groups excluding carboxylic acids is 1. The van der Waals surface area contributed by atoms with Gasteiger partial charge in [-0.1, -0.05) is 33.3 Å². The Kier molecular flexibility index (Phi) is 7.22. The van der Waals surface area contributed by atoms with Gasteiger partial charge in [-0.2, -0.15) is 0 Å². The second-order valence-electron chi connectivity index (χ2n) is 6.73. The Labute approximate surface area is 134 Å². The summed E-state index contributed by atoms with van der Waals surface area (Å²) in [6.45, 7) is 11.8. The van der Waals surface area contributed by atoms with Gasteiger partial charge in [0.1, 0.15) is 12.6 Å². The molecule has 0 aromatic heterocycles. The van der Waals surface area contributed by atoms with Gasteiger partial charge in [-0.25, -0.2) is 0 Å². The van der Waals surface area contributed by atoms with Crippen LogP contribution < -0.4 is 0 Å². The van der Waals surface area contributed by atoms with Crippen molar-refractivity contribution in [3.63, 3.8) is 0 Å². The Morgan fingerprint density at radius 2 is 2.05 bits per heavy atom. The predicted molar refractivity (Wildman–Crippen MR) is 88.2 cm³/mol. The number of rotatable bonds is 6. The van der Waals surface area contributed by atoms with Crippen molar-refractivity contribution in [2.75, 3.05) is 19.2 Å². The molecule has 1 atom stereocenters. The van der Waals surface area contributed by atoms with Gasteiger partial charge in [0, 0.05) is 18.2 Å². The van der Waals surface area contributed by atoms with Crippen LogP contribution in [0.1, 0.15) is 60.3 Å². The van der Waals surface area contributed by atoms with Crippen molar-refractivity contribution in [2.24, 2.45) is 11.3 Å². The number of hydrogen-bond acceptors (Lipinski definition) is 2. The fourth-order valence-corrected chi connectivity index (χ4v) is 3.29. The maximum Gasteiger partial charge on any atom is 0.243 e. The number of ether oxygens (including phenoxy) is 1. The van der Waals surface area contributed by atoms with E-state index in [-0.39, 0.29) is 17.2 Å². The predicted octanol–water partition coefficient (Wildman–Crippen LogP) is 4.56. The normalized spacial score (nSPS) is 19.8. The van der Waals surface area contributed by atoms with Crippen LogP contribution in [0, 0.1) is 11.3 Å². The number of hydrogen-bond donors (Lipinski definition) is 0. The summed E-state index contributed by atoms with van der Waals surface area (Å²) in [5.41, 5.74) is 2.70. The average molecular weight is 316 g/mol. The zero-order valence-corrected chi connectivity index (χ0v) is 14.9. The van der Waals surface area contributed by atoms with Gasteiger partial charge in [-0.05, 0) is 38.0 Å². The van der Waals surface area contributed by atoms with Gasteiger partial charge < -0.3 is 4.74 Å². The zero-order chi connectivity index (χ0) is 16.0. The van der Waals surface area contributed by atoms with Crippen molar-refractivity contribution in [3.8, 4) is 0 Å². The Bertz CT molecular complexity index is 385. The van der Waals surface area contributed by atoms with Gasteiger partial charge in [-0.3, -0.25) is 9.69 Å². The number of amides is 1. The van der Waals surface area contributed by atoms with Crippen molar-refractivity contribution in [2.45, 2.75) is 60.3 Å². The van der Waals surface area contributed by atoms with Gasteiger partial charge in [0.25, 0.3) is 0 Å². The average Bonchev–Trinajstić information content (AvgIpc) is 2.46. The molecule has 21 heavy (non-hydrogen) atoms. The highest BCUT2D eigenvalue weighted by Crippen LogP contribution is 2.43. The van der Waals surface area contributed by atoms with Crippen LogP contribution in [0.2, 0.25) is 0 Å².